The third kappa shape index (κ3) is 4.86. The predicted molar refractivity (Wildman–Crippen MR) is 116 cm³/mol. The van der Waals surface area contributed by atoms with Crippen LogP contribution in [0.2, 0.25) is 0 Å². The highest BCUT2D eigenvalue weighted by Gasteiger charge is 2.24. The lowest BCUT2D eigenvalue weighted by Crippen LogP contribution is -2.35. The van der Waals surface area contributed by atoms with E-state index in [0.717, 1.165) is 33.3 Å². The van der Waals surface area contributed by atoms with E-state index in [1.807, 2.05) is 78.9 Å². The summed E-state index contributed by atoms with van der Waals surface area (Å²) in [5.41, 5.74) is 3.03. The second-order valence-corrected chi connectivity index (χ2v) is 7.87. The molecule has 1 unspecified atom stereocenters. The van der Waals surface area contributed by atoms with Crippen molar-refractivity contribution < 1.29 is 14.3 Å². The van der Waals surface area contributed by atoms with E-state index >= 15 is 0 Å². The molecule has 1 heterocycles. The van der Waals surface area contributed by atoms with E-state index in [1.165, 1.54) is 0 Å². The summed E-state index contributed by atoms with van der Waals surface area (Å²) in [4.78, 5) is 12.7. The molecule has 1 amide bonds. The van der Waals surface area contributed by atoms with Crippen molar-refractivity contribution >= 4 is 21.8 Å². The molecule has 148 valence electrons. The van der Waals surface area contributed by atoms with Gasteiger partial charge in [-0.05, 0) is 29.3 Å². The molecule has 0 saturated carbocycles. The Balaban J connectivity index is 1.45. The fraction of sp³-hybridized carbons (Fsp3) is 0.208. The highest BCUT2D eigenvalue weighted by atomic mass is 79.9. The lowest BCUT2D eigenvalue weighted by molar-refractivity contribution is -0.128. The fourth-order valence-corrected chi connectivity index (χ4v) is 3.93. The summed E-state index contributed by atoms with van der Waals surface area (Å²) in [5, 5.41) is 3.10. The van der Waals surface area contributed by atoms with Crippen LogP contribution in [-0.2, 0) is 9.53 Å². The van der Waals surface area contributed by atoms with Gasteiger partial charge in [-0.15, -0.1) is 0 Å². The first-order valence-electron chi connectivity index (χ1n) is 9.64. The Hall–Kier alpha value is -2.63. The van der Waals surface area contributed by atoms with Crippen molar-refractivity contribution in [3.63, 3.8) is 0 Å². The van der Waals surface area contributed by atoms with Gasteiger partial charge in [0.2, 0.25) is 5.91 Å². The molecular weight excluding hydrogens is 430 g/mol. The monoisotopic (exact) mass is 451 g/mol. The van der Waals surface area contributed by atoms with Crippen molar-refractivity contribution in [3.05, 3.63) is 100 Å². The van der Waals surface area contributed by atoms with Gasteiger partial charge in [-0.3, -0.25) is 4.79 Å². The fourth-order valence-electron chi connectivity index (χ4n) is 3.55. The summed E-state index contributed by atoms with van der Waals surface area (Å²) < 4.78 is 12.7. The normalized spacial score (nSPS) is 15.4. The van der Waals surface area contributed by atoms with Crippen LogP contribution in [0.25, 0.3) is 0 Å². The zero-order valence-corrected chi connectivity index (χ0v) is 17.5. The van der Waals surface area contributed by atoms with E-state index in [4.69, 9.17) is 9.47 Å². The average molecular weight is 452 g/mol. The van der Waals surface area contributed by atoms with Crippen molar-refractivity contribution in [2.75, 3.05) is 13.2 Å². The first kappa shape index (κ1) is 19.7. The Kier molecular flexibility index (Phi) is 6.27. The van der Waals surface area contributed by atoms with E-state index in [1.54, 1.807) is 0 Å². The number of ether oxygens (including phenoxy) is 2. The van der Waals surface area contributed by atoms with Gasteiger partial charge in [0.15, 0.2) is 0 Å². The maximum Gasteiger partial charge on any atom is 0.246 e. The molecule has 1 aliphatic rings. The summed E-state index contributed by atoms with van der Waals surface area (Å²) in [5.74, 6) is 0.678. The minimum Gasteiger partial charge on any atom is -0.493 e. The Morgan fingerprint density at radius 2 is 1.69 bits per heavy atom. The van der Waals surface area contributed by atoms with Crippen LogP contribution >= 0.6 is 15.9 Å². The molecule has 1 aliphatic heterocycles. The van der Waals surface area contributed by atoms with Gasteiger partial charge >= 0.3 is 0 Å². The molecule has 4 rings (SSSR count). The maximum absolute atomic E-state index is 12.7. The van der Waals surface area contributed by atoms with Crippen molar-refractivity contribution in [3.8, 4) is 5.75 Å². The molecule has 3 aromatic carbocycles. The SMILES string of the molecule is O=C(COC(c1ccccc1)c1ccccc1)NC1CCOc2ccc(Br)cc21. The Morgan fingerprint density at radius 1 is 1.03 bits per heavy atom. The van der Waals surface area contributed by atoms with Gasteiger partial charge in [-0.25, -0.2) is 0 Å². The molecule has 29 heavy (non-hydrogen) atoms. The minimum atomic E-state index is -0.292. The number of carbonyl (C=O) groups is 1. The van der Waals surface area contributed by atoms with Crippen LogP contribution in [0.15, 0.2) is 83.3 Å². The number of hydrogen-bond acceptors (Lipinski definition) is 3. The Morgan fingerprint density at radius 3 is 2.34 bits per heavy atom. The molecular formula is C24H22BrNO3. The summed E-state index contributed by atoms with van der Waals surface area (Å²) in [6.07, 6.45) is 0.440. The molecule has 5 heteroatoms. The second-order valence-electron chi connectivity index (χ2n) is 6.95. The Labute approximate surface area is 179 Å². The molecule has 3 aromatic rings. The van der Waals surface area contributed by atoms with Gasteiger partial charge in [-0.1, -0.05) is 76.6 Å². The van der Waals surface area contributed by atoms with E-state index < -0.39 is 0 Å². The number of benzene rings is 3. The van der Waals surface area contributed by atoms with Gasteiger partial charge in [0.25, 0.3) is 0 Å². The molecule has 0 aromatic heterocycles. The highest BCUT2D eigenvalue weighted by Crippen LogP contribution is 2.34. The number of fused-ring (bicyclic) bond motifs is 1. The lowest BCUT2D eigenvalue weighted by atomic mass is 10.0. The van der Waals surface area contributed by atoms with Crippen LogP contribution < -0.4 is 10.1 Å². The van der Waals surface area contributed by atoms with Gasteiger partial charge < -0.3 is 14.8 Å². The standard InChI is InChI=1S/C24H22BrNO3/c25-19-11-12-22-20(15-19)21(13-14-28-22)26-23(27)16-29-24(17-7-3-1-4-8-17)18-9-5-2-6-10-18/h1-12,15,21,24H,13-14,16H2,(H,26,27). The number of halogens is 1. The Bertz CT molecular complexity index is 923. The van der Waals surface area contributed by atoms with Gasteiger partial charge in [-0.2, -0.15) is 0 Å². The quantitative estimate of drug-likeness (QED) is 0.560. The van der Waals surface area contributed by atoms with Crippen LogP contribution in [-0.4, -0.2) is 19.1 Å². The highest BCUT2D eigenvalue weighted by molar-refractivity contribution is 9.10. The van der Waals surface area contributed by atoms with E-state index in [9.17, 15) is 4.79 Å². The number of carbonyl (C=O) groups excluding carboxylic acids is 1. The van der Waals surface area contributed by atoms with Crippen molar-refractivity contribution in [1.82, 2.24) is 5.32 Å². The molecule has 0 radical (unpaired) electrons. The second kappa shape index (κ2) is 9.25. The molecule has 1 atom stereocenters. The average Bonchev–Trinajstić information content (AvgIpc) is 2.76. The zero-order valence-electron chi connectivity index (χ0n) is 15.9. The van der Waals surface area contributed by atoms with Crippen LogP contribution in [0.3, 0.4) is 0 Å². The van der Waals surface area contributed by atoms with Crippen LogP contribution in [0.1, 0.15) is 35.3 Å². The molecule has 0 aliphatic carbocycles. The van der Waals surface area contributed by atoms with Crippen LogP contribution in [0, 0.1) is 0 Å². The summed E-state index contributed by atoms with van der Waals surface area (Å²) >= 11 is 3.49. The van der Waals surface area contributed by atoms with Crippen molar-refractivity contribution in [2.24, 2.45) is 0 Å². The first-order chi connectivity index (χ1) is 14.2. The lowest BCUT2D eigenvalue weighted by Gasteiger charge is -2.27. The number of nitrogens with one attached hydrogen (secondary N) is 1. The van der Waals surface area contributed by atoms with Crippen molar-refractivity contribution in [2.45, 2.75) is 18.6 Å². The minimum absolute atomic E-state index is 0.0187. The van der Waals surface area contributed by atoms with Crippen molar-refractivity contribution in [1.29, 1.82) is 0 Å². The summed E-state index contributed by atoms with van der Waals surface area (Å²) in [6.45, 7) is 0.562. The molecule has 0 bridgehead atoms. The molecule has 4 nitrogen and oxygen atoms in total. The number of hydrogen-bond donors (Lipinski definition) is 1. The van der Waals surface area contributed by atoms with Gasteiger partial charge in [0.05, 0.1) is 12.6 Å². The largest absolute Gasteiger partial charge is 0.493 e. The third-order valence-electron chi connectivity index (χ3n) is 4.93. The summed E-state index contributed by atoms with van der Waals surface area (Å²) in [6, 6.07) is 25.7. The van der Waals surface area contributed by atoms with Crippen LogP contribution in [0.4, 0.5) is 0 Å². The first-order valence-corrected chi connectivity index (χ1v) is 10.4. The van der Waals surface area contributed by atoms with E-state index in [2.05, 4.69) is 21.2 Å². The number of amides is 1. The predicted octanol–water partition coefficient (Wildman–Crippen LogP) is 5.20. The maximum atomic E-state index is 12.7. The zero-order chi connectivity index (χ0) is 20.1. The summed E-state index contributed by atoms with van der Waals surface area (Å²) in [7, 11) is 0. The van der Waals surface area contributed by atoms with Crippen LogP contribution in [0.5, 0.6) is 5.75 Å². The smallest absolute Gasteiger partial charge is 0.246 e. The van der Waals surface area contributed by atoms with E-state index in [0.29, 0.717) is 6.61 Å². The van der Waals surface area contributed by atoms with Gasteiger partial charge in [0, 0.05) is 16.5 Å². The third-order valence-corrected chi connectivity index (χ3v) is 5.43. The molecule has 1 N–H and O–H groups in total. The topological polar surface area (TPSA) is 47.6 Å². The number of rotatable bonds is 6. The van der Waals surface area contributed by atoms with Gasteiger partial charge in [0.1, 0.15) is 18.5 Å². The molecule has 0 fully saturated rings. The molecule has 0 saturated heterocycles. The van der Waals surface area contributed by atoms with E-state index in [-0.39, 0.29) is 24.7 Å². The molecule has 0 spiro atoms.